The Hall–Kier alpha value is -11.2. The number of nitriles is 1. The number of hydrogen-bond acceptors (Lipinski definition) is 26. The smallest absolute Gasteiger partial charge is 0.281 e. The van der Waals surface area contributed by atoms with E-state index in [0.717, 1.165) is 72.3 Å². The number of amides is 4. The van der Waals surface area contributed by atoms with Crippen molar-refractivity contribution in [1.82, 2.24) is 59.0 Å². The summed E-state index contributed by atoms with van der Waals surface area (Å²) in [7, 11) is -12.9. The van der Waals surface area contributed by atoms with E-state index in [4.69, 9.17) is 20.7 Å². The molecule has 0 aliphatic carbocycles. The molecular weight excluding hydrogens is 1700 g/mol. The van der Waals surface area contributed by atoms with Gasteiger partial charge in [0.25, 0.3) is 53.7 Å². The minimum Gasteiger partial charge on any atom is -0.364 e. The first-order valence-electron chi connectivity index (χ1n) is 41.2. The summed E-state index contributed by atoms with van der Waals surface area (Å²) in [6.45, 7) is 33.3. The van der Waals surface area contributed by atoms with Crippen molar-refractivity contribution >= 4 is 105 Å². The van der Waals surface area contributed by atoms with E-state index in [1.54, 1.807) is 103 Å². The number of carbonyl (C=O) groups is 4. The van der Waals surface area contributed by atoms with Gasteiger partial charge in [-0.3, -0.25) is 19.2 Å². The van der Waals surface area contributed by atoms with Crippen LogP contribution in [0.1, 0.15) is 273 Å². The Morgan fingerprint density at radius 2 is 0.734 bits per heavy atom. The molecule has 3 fully saturated rings. The van der Waals surface area contributed by atoms with Crippen LogP contribution in [0.5, 0.6) is 0 Å². The third-order valence-electron chi connectivity index (χ3n) is 23.3. The average molecular weight is 1820 g/mol. The molecule has 15 heterocycles. The van der Waals surface area contributed by atoms with Crippen LogP contribution in [0.4, 0.5) is 34.9 Å². The van der Waals surface area contributed by atoms with Crippen molar-refractivity contribution in [2.24, 2.45) is 23.5 Å². The third-order valence-corrected chi connectivity index (χ3v) is 27.4. The molecule has 34 heteroatoms. The number of nitrogens with one attached hydrogen (secondary N) is 6. The largest absolute Gasteiger partial charge is 0.364 e. The lowest BCUT2D eigenvalue weighted by molar-refractivity contribution is 0.0972. The number of nitrogens with two attached hydrogens (primary N) is 1. The number of hydrogen-bond donors (Lipinski definition) is 7. The Balaban J connectivity index is 0.000000212. The highest BCUT2D eigenvalue weighted by molar-refractivity contribution is 9.10. The lowest BCUT2D eigenvalue weighted by Gasteiger charge is -2.34. The van der Waals surface area contributed by atoms with Crippen molar-refractivity contribution in [3.05, 3.63) is 212 Å². The maximum absolute atomic E-state index is 13.6. The van der Waals surface area contributed by atoms with E-state index in [-0.39, 0.29) is 112 Å². The molecule has 9 aromatic heterocycles. The van der Waals surface area contributed by atoms with Crippen molar-refractivity contribution in [3.8, 4) is 6.07 Å². The second-order valence-electron chi connectivity index (χ2n) is 37.4. The number of fused-ring (bicyclic) bond motifs is 18. The Labute approximate surface area is 740 Å². The first-order valence-corrected chi connectivity index (χ1v) is 46.4. The molecule has 6 aliphatic heterocycles. The highest BCUT2D eigenvalue weighted by Gasteiger charge is 2.46. The van der Waals surface area contributed by atoms with Gasteiger partial charge in [-0.25, -0.2) is 59.0 Å². The molecule has 0 spiro atoms. The summed E-state index contributed by atoms with van der Waals surface area (Å²) >= 11 is 3.47. The highest BCUT2D eigenvalue weighted by atomic mass is 79.9. The van der Waals surface area contributed by atoms with Crippen LogP contribution in [-0.2, 0) is 46.3 Å². The van der Waals surface area contributed by atoms with E-state index in [1.165, 1.54) is 18.2 Å². The van der Waals surface area contributed by atoms with Crippen LogP contribution in [0.3, 0.4) is 0 Å². The molecule has 0 radical (unpaired) electrons. The molecule has 30 nitrogen and oxygen atoms in total. The number of sulfonamides is 3. The molecule has 15 rings (SSSR count). The van der Waals surface area contributed by atoms with Crippen LogP contribution < -0.4 is 50.6 Å². The molecule has 12 bridgehead atoms. The van der Waals surface area contributed by atoms with Crippen molar-refractivity contribution in [3.63, 3.8) is 0 Å². The minimum absolute atomic E-state index is 0. The summed E-state index contributed by atoms with van der Waals surface area (Å²) < 4.78 is 87.6. The van der Waals surface area contributed by atoms with Crippen LogP contribution in [0.15, 0.2) is 165 Å². The van der Waals surface area contributed by atoms with Gasteiger partial charge in [0.05, 0.1) is 51.9 Å². The second kappa shape index (κ2) is 35.5. The van der Waals surface area contributed by atoms with Crippen molar-refractivity contribution in [2.45, 2.75) is 235 Å². The van der Waals surface area contributed by atoms with E-state index in [0.29, 0.717) is 90.4 Å². The predicted molar refractivity (Wildman–Crippen MR) is 488 cm³/mol. The molecule has 9 aromatic rings. The lowest BCUT2D eigenvalue weighted by atomic mass is 9.90. The first kappa shape index (κ1) is 92.0. The predicted octanol–water partition coefficient (Wildman–Crippen LogP) is 15.6. The van der Waals surface area contributed by atoms with Gasteiger partial charge in [0.1, 0.15) is 57.0 Å². The maximum atomic E-state index is 13.6. The number of aromatic nitrogens is 9. The lowest BCUT2D eigenvalue weighted by Crippen LogP contribution is -2.41. The molecule has 3 saturated heterocycles. The van der Waals surface area contributed by atoms with Gasteiger partial charge in [0, 0.05) is 73.9 Å². The summed E-state index contributed by atoms with van der Waals surface area (Å²) in [5.74, 6) is 0.428. The molecule has 4 amide bonds. The number of nitrogens with zero attached hydrogens (tertiary/aromatic N) is 13. The fourth-order valence-electron chi connectivity index (χ4n) is 17.0. The van der Waals surface area contributed by atoms with E-state index in [1.807, 2.05) is 45.0 Å². The van der Waals surface area contributed by atoms with Gasteiger partial charge in [-0.15, -0.1) is 0 Å². The molecule has 662 valence electrons. The normalized spacial score (nSPS) is 21.8. The molecule has 0 aromatic carbocycles. The summed E-state index contributed by atoms with van der Waals surface area (Å²) in [5, 5.41) is 18.6. The van der Waals surface area contributed by atoms with Crippen molar-refractivity contribution < 1.29 is 48.7 Å². The SMILES string of the molecule is C.CC(C)(C)c1ccc2c(n1)N1C[C@@H](CC[C@H](c3cccc(Br)n3)Nc3cccc(n3)S(=O)(=O)NC2=O)CC1(C)C.CC(C)(C)c1ccc2c(n1)N1C[C@@H](CC[C@H](c3cccc(C#N)n3)Nc3cccc(n3)S(=O)(=O)NC2=O)CC1(C)C.CC(C)(C)c1ccc2c(n1)N1C[C@@H](CC[C@H](c3cccc(C(N)=O)n3)Nc3cccc(n3)S(=O)(=O)NC2=O)CC1(C)C.[HH].[HH].[HH]. The first-order chi connectivity index (χ1) is 57.6. The number of anilines is 6. The van der Waals surface area contributed by atoms with Crippen LogP contribution in [0, 0.1) is 29.1 Å². The minimum atomic E-state index is -4.33. The maximum Gasteiger partial charge on any atom is 0.281 e. The zero-order chi connectivity index (χ0) is 88.9. The molecule has 124 heavy (non-hydrogen) atoms. The Bertz CT molecular complexity index is 6010. The monoisotopic (exact) mass is 1810 g/mol. The fourth-order valence-corrected chi connectivity index (χ4v) is 20.1. The Morgan fingerprint density at radius 3 is 1.05 bits per heavy atom. The zero-order valence-electron chi connectivity index (χ0n) is 71.9. The average Bonchev–Trinajstić information content (AvgIpc) is 1.71. The topological polar surface area (TPSA) is 418 Å². The van der Waals surface area contributed by atoms with Crippen LogP contribution in [-0.4, -0.2) is 130 Å². The van der Waals surface area contributed by atoms with Crippen LogP contribution in [0.25, 0.3) is 0 Å². The molecule has 8 N–H and O–H groups in total. The summed E-state index contributed by atoms with van der Waals surface area (Å²) in [6.07, 6.45) is 7.17. The van der Waals surface area contributed by atoms with Gasteiger partial charge in [-0.1, -0.05) is 106 Å². The Morgan fingerprint density at radius 1 is 0.427 bits per heavy atom. The quantitative estimate of drug-likeness (QED) is 0.0805. The number of rotatable bonds is 4. The number of pyridine rings is 9. The standard InChI is InChI=1S/C30H37N7O4S.C30H35N7O3S.C29H35BrN6O3S.CH4.3H2/c1-29(2,3)23-15-13-19-27(34-23)37-17-18(16-30(37,4)5)12-14-21(20-8-6-9-22(32-20)26(31)38)33-24-10-7-11-25(35-24)42(40,41)36-28(19)39;1-29(2,3)24-15-13-21-27(34-24)37-18-19(16-30(37,4)5)12-14-23(22-9-6-8-20(17-31)32-22)33-25-10-7-11-26(35-25)41(39,40)36-28(21)38;1-28(2,3)22-15-13-19-26(33-22)36-17-18(16-29(36,4)5)12-14-21(20-8-6-9-23(30)31-20)32-24-10-7-11-25(34-24)40(38,39)35-27(19)37;;;;/h6-11,13,15,18,21H,12,14,16-17H2,1-5H3,(H2,31,38)(H,33,35)(H,36,39);6-11,13,15,19,23H,12,14,16,18H2,1-5H3,(H,33,35)(H,36,38);6-11,13,15,18,21H,12,14,16-17H2,1-5H3,(H,32,34)(H,35,37);1H4;3*1H/t18-,21+;19-,23+;18-,21+;;;;/m000..../s1. The second-order valence-corrected chi connectivity index (χ2v) is 43.1. The summed E-state index contributed by atoms with van der Waals surface area (Å²) in [5.41, 5.74) is 9.33. The third kappa shape index (κ3) is 20.9. The molecule has 0 saturated carbocycles. The van der Waals surface area contributed by atoms with Gasteiger partial charge in [-0.2, -0.15) is 30.5 Å². The number of halogens is 1. The fraction of sp³-hybridized carbons (Fsp3) is 0.444. The van der Waals surface area contributed by atoms with Gasteiger partial charge >= 0.3 is 0 Å². The van der Waals surface area contributed by atoms with Gasteiger partial charge < -0.3 is 36.4 Å². The summed E-state index contributed by atoms with van der Waals surface area (Å²) in [6, 6.07) is 41.6. The van der Waals surface area contributed by atoms with Crippen molar-refractivity contribution in [2.75, 3.05) is 50.3 Å². The van der Waals surface area contributed by atoms with Crippen LogP contribution >= 0.6 is 15.9 Å². The van der Waals surface area contributed by atoms with Gasteiger partial charge in [-0.05, 0) is 242 Å². The van der Waals surface area contributed by atoms with E-state index in [9.17, 15) is 49.7 Å². The summed E-state index contributed by atoms with van der Waals surface area (Å²) in [4.78, 5) is 101. The van der Waals surface area contributed by atoms with E-state index in [2.05, 4.69) is 180 Å². The molecule has 0 unspecified atom stereocenters. The zero-order valence-corrected chi connectivity index (χ0v) is 75.9. The van der Waals surface area contributed by atoms with E-state index >= 15 is 0 Å². The molecule has 6 atom stereocenters. The van der Waals surface area contributed by atoms with Crippen molar-refractivity contribution in [1.29, 1.82) is 5.26 Å². The number of primary amides is 1. The number of carbonyl (C=O) groups excluding carboxylic acids is 4. The van der Waals surface area contributed by atoms with Gasteiger partial charge in [0.15, 0.2) is 15.1 Å². The molecule has 6 aliphatic rings. The highest BCUT2D eigenvalue weighted by Crippen LogP contribution is 2.46. The van der Waals surface area contributed by atoms with Gasteiger partial charge in [0.2, 0.25) is 0 Å². The van der Waals surface area contributed by atoms with E-state index < -0.39 is 53.7 Å². The van der Waals surface area contributed by atoms with Crippen LogP contribution in [0.2, 0.25) is 0 Å². The molecular formula is C90H117BrN20O10S3. The Kier molecular flexibility index (Phi) is 26.3.